The Morgan fingerprint density at radius 3 is 2.58 bits per heavy atom. The molecule has 0 aliphatic rings. The highest BCUT2D eigenvalue weighted by molar-refractivity contribution is 7.89. The van der Waals surface area contributed by atoms with Gasteiger partial charge in [0.25, 0.3) is 0 Å². The Hall–Kier alpha value is -0.470. The first-order valence-electron chi connectivity index (χ1n) is 6.18. The van der Waals surface area contributed by atoms with Crippen LogP contribution < -0.4 is 10.0 Å². The van der Waals surface area contributed by atoms with Gasteiger partial charge in [0, 0.05) is 28.9 Å². The van der Waals surface area contributed by atoms with Crippen LogP contribution in [0.5, 0.6) is 0 Å². The van der Waals surface area contributed by atoms with Gasteiger partial charge in [0.15, 0.2) is 0 Å². The van der Waals surface area contributed by atoms with Gasteiger partial charge in [-0.1, -0.05) is 0 Å². The molecule has 0 aliphatic carbocycles. The second-order valence-corrected chi connectivity index (χ2v) is 7.90. The third kappa shape index (κ3) is 4.54. The number of nitrogens with zero attached hydrogens (tertiary/aromatic N) is 1. The number of thiophene rings is 1. The molecule has 0 saturated heterocycles. The molecule has 5 nitrogen and oxygen atoms in total. The van der Waals surface area contributed by atoms with Gasteiger partial charge < -0.3 is 10.2 Å². The van der Waals surface area contributed by atoms with Crippen molar-refractivity contribution >= 4 is 21.4 Å². The minimum absolute atomic E-state index is 0.158. The maximum atomic E-state index is 12.3. The van der Waals surface area contributed by atoms with Crippen LogP contribution in [-0.2, 0) is 16.6 Å². The van der Waals surface area contributed by atoms with Crippen LogP contribution in [0, 0.1) is 6.92 Å². The zero-order chi connectivity index (χ0) is 14.6. The van der Waals surface area contributed by atoms with Crippen molar-refractivity contribution in [3.63, 3.8) is 0 Å². The molecule has 0 radical (unpaired) electrons. The standard InChI is InChI=1S/C12H23N3O2S2/c1-9(15(4)5)7-14-19(16,17)12-6-11(8-13-3)18-10(12)2/h6,9,13-14H,7-8H2,1-5H3. The fourth-order valence-corrected chi connectivity index (χ4v) is 4.31. The van der Waals surface area contributed by atoms with Crippen molar-refractivity contribution < 1.29 is 8.42 Å². The van der Waals surface area contributed by atoms with Crippen molar-refractivity contribution in [1.82, 2.24) is 14.9 Å². The Morgan fingerprint density at radius 1 is 1.42 bits per heavy atom. The Labute approximate surface area is 120 Å². The van der Waals surface area contributed by atoms with Crippen molar-refractivity contribution in [3.8, 4) is 0 Å². The van der Waals surface area contributed by atoms with E-state index in [0.29, 0.717) is 18.0 Å². The van der Waals surface area contributed by atoms with Crippen LogP contribution in [-0.4, -0.2) is 47.0 Å². The summed E-state index contributed by atoms with van der Waals surface area (Å²) in [7, 11) is 2.30. The van der Waals surface area contributed by atoms with Gasteiger partial charge >= 0.3 is 0 Å². The highest BCUT2D eigenvalue weighted by atomic mass is 32.2. The fraction of sp³-hybridized carbons (Fsp3) is 0.667. The average Bonchev–Trinajstić information content (AvgIpc) is 2.68. The van der Waals surface area contributed by atoms with Crippen LogP contribution in [0.3, 0.4) is 0 Å². The average molecular weight is 305 g/mol. The molecule has 0 bridgehead atoms. The highest BCUT2D eigenvalue weighted by Gasteiger charge is 2.20. The molecule has 0 amide bonds. The minimum Gasteiger partial charge on any atom is -0.315 e. The van der Waals surface area contributed by atoms with E-state index in [1.807, 2.05) is 39.9 Å². The van der Waals surface area contributed by atoms with E-state index in [2.05, 4.69) is 10.0 Å². The van der Waals surface area contributed by atoms with E-state index in [1.54, 1.807) is 6.07 Å². The van der Waals surface area contributed by atoms with Gasteiger partial charge in [-0.15, -0.1) is 11.3 Å². The molecule has 0 aromatic carbocycles. The number of likely N-dealkylation sites (N-methyl/N-ethyl adjacent to an activating group) is 1. The predicted molar refractivity (Wildman–Crippen MR) is 80.2 cm³/mol. The van der Waals surface area contributed by atoms with E-state index in [0.717, 1.165) is 9.75 Å². The van der Waals surface area contributed by atoms with Crippen molar-refractivity contribution in [3.05, 3.63) is 15.8 Å². The van der Waals surface area contributed by atoms with E-state index in [1.165, 1.54) is 11.3 Å². The number of hydrogen-bond donors (Lipinski definition) is 2. The number of nitrogens with one attached hydrogen (secondary N) is 2. The molecule has 2 N–H and O–H groups in total. The van der Waals surface area contributed by atoms with Crippen LogP contribution in [0.15, 0.2) is 11.0 Å². The third-order valence-electron chi connectivity index (χ3n) is 3.01. The molecule has 110 valence electrons. The Morgan fingerprint density at radius 2 is 2.05 bits per heavy atom. The van der Waals surface area contributed by atoms with Gasteiger partial charge in [0.05, 0.1) is 4.90 Å². The molecular formula is C12H23N3O2S2. The van der Waals surface area contributed by atoms with Crippen LogP contribution in [0.1, 0.15) is 16.7 Å². The summed E-state index contributed by atoms with van der Waals surface area (Å²) in [6.07, 6.45) is 0. The lowest BCUT2D eigenvalue weighted by molar-refractivity contribution is 0.314. The fourth-order valence-electron chi connectivity index (χ4n) is 1.54. The van der Waals surface area contributed by atoms with E-state index in [4.69, 9.17) is 0 Å². The smallest absolute Gasteiger partial charge is 0.241 e. The molecule has 19 heavy (non-hydrogen) atoms. The number of rotatable bonds is 7. The molecule has 1 unspecified atom stereocenters. The van der Waals surface area contributed by atoms with E-state index >= 15 is 0 Å². The van der Waals surface area contributed by atoms with Crippen LogP contribution >= 0.6 is 11.3 Å². The normalized spacial score (nSPS) is 14.0. The molecule has 1 rings (SSSR count). The summed E-state index contributed by atoms with van der Waals surface area (Å²) in [6, 6.07) is 1.91. The zero-order valence-corrected chi connectivity index (χ0v) is 13.8. The monoisotopic (exact) mass is 305 g/mol. The predicted octanol–water partition coefficient (Wildman–Crippen LogP) is 1.00. The molecule has 1 aromatic rings. The van der Waals surface area contributed by atoms with E-state index in [-0.39, 0.29) is 6.04 Å². The van der Waals surface area contributed by atoms with Gasteiger partial charge in [0.1, 0.15) is 0 Å². The largest absolute Gasteiger partial charge is 0.315 e. The van der Waals surface area contributed by atoms with Gasteiger partial charge in [0.2, 0.25) is 10.0 Å². The van der Waals surface area contributed by atoms with Crippen molar-refractivity contribution in [2.24, 2.45) is 0 Å². The quantitative estimate of drug-likeness (QED) is 0.789. The summed E-state index contributed by atoms with van der Waals surface area (Å²) in [5.41, 5.74) is 0. The summed E-state index contributed by atoms with van der Waals surface area (Å²) in [4.78, 5) is 4.24. The van der Waals surface area contributed by atoms with Gasteiger partial charge in [-0.05, 0) is 41.1 Å². The van der Waals surface area contributed by atoms with Gasteiger partial charge in [-0.2, -0.15) is 0 Å². The Balaban J connectivity index is 2.82. The lowest BCUT2D eigenvalue weighted by Gasteiger charge is -2.19. The molecular weight excluding hydrogens is 282 g/mol. The maximum Gasteiger partial charge on any atom is 0.241 e. The second kappa shape index (κ2) is 6.81. The molecule has 1 atom stereocenters. The second-order valence-electron chi connectivity index (χ2n) is 4.83. The maximum absolute atomic E-state index is 12.3. The van der Waals surface area contributed by atoms with Crippen molar-refractivity contribution in [2.75, 3.05) is 27.7 Å². The zero-order valence-electron chi connectivity index (χ0n) is 12.1. The lowest BCUT2D eigenvalue weighted by Crippen LogP contribution is -2.38. The minimum atomic E-state index is -3.41. The molecule has 0 aliphatic heterocycles. The lowest BCUT2D eigenvalue weighted by atomic mass is 10.3. The first-order chi connectivity index (χ1) is 8.77. The third-order valence-corrected chi connectivity index (χ3v) is 5.74. The summed E-state index contributed by atoms with van der Waals surface area (Å²) in [5, 5.41) is 3.03. The molecule has 1 aromatic heterocycles. The first-order valence-corrected chi connectivity index (χ1v) is 8.48. The van der Waals surface area contributed by atoms with Gasteiger partial charge in [-0.25, -0.2) is 13.1 Å². The first kappa shape index (κ1) is 16.6. The van der Waals surface area contributed by atoms with Gasteiger partial charge in [-0.3, -0.25) is 0 Å². The topological polar surface area (TPSA) is 61.4 Å². The number of aryl methyl sites for hydroxylation is 1. The summed E-state index contributed by atoms with van der Waals surface area (Å²) < 4.78 is 27.2. The molecule has 0 saturated carbocycles. The van der Waals surface area contributed by atoms with Crippen LogP contribution in [0.2, 0.25) is 0 Å². The van der Waals surface area contributed by atoms with E-state index in [9.17, 15) is 8.42 Å². The van der Waals surface area contributed by atoms with E-state index < -0.39 is 10.0 Å². The summed E-state index contributed by atoms with van der Waals surface area (Å²) in [5.74, 6) is 0. The summed E-state index contributed by atoms with van der Waals surface area (Å²) in [6.45, 7) is 4.92. The van der Waals surface area contributed by atoms with Crippen molar-refractivity contribution in [1.29, 1.82) is 0 Å². The highest BCUT2D eigenvalue weighted by Crippen LogP contribution is 2.25. The number of sulfonamides is 1. The Bertz CT molecular complexity index is 509. The molecule has 7 heteroatoms. The SMILES string of the molecule is CNCc1cc(S(=O)(=O)NCC(C)N(C)C)c(C)s1. The molecule has 1 heterocycles. The summed E-state index contributed by atoms with van der Waals surface area (Å²) >= 11 is 1.51. The van der Waals surface area contributed by atoms with Crippen LogP contribution in [0.4, 0.5) is 0 Å². The van der Waals surface area contributed by atoms with Crippen LogP contribution in [0.25, 0.3) is 0 Å². The molecule has 0 spiro atoms. The number of hydrogen-bond acceptors (Lipinski definition) is 5. The Kier molecular flexibility index (Phi) is 5.94. The molecule has 0 fully saturated rings. The van der Waals surface area contributed by atoms with Crippen molar-refractivity contribution in [2.45, 2.75) is 31.3 Å².